The highest BCUT2D eigenvalue weighted by Crippen LogP contribution is 2.34. The Morgan fingerprint density at radius 3 is 2.27 bits per heavy atom. The van der Waals surface area contributed by atoms with Crippen LogP contribution in [0.4, 0.5) is 0 Å². The van der Waals surface area contributed by atoms with Crippen LogP contribution < -0.4 is 5.32 Å². The first-order valence-corrected chi connectivity index (χ1v) is 10.3. The number of nitro groups is 1. The number of carbonyl (C=O) groups excluding carboxylic acids is 3. The number of carbonyl (C=O) groups is 3. The lowest BCUT2D eigenvalue weighted by Gasteiger charge is -2.24. The van der Waals surface area contributed by atoms with Gasteiger partial charge in [0.15, 0.2) is 0 Å². The number of nitrogens with zero attached hydrogens (tertiary/aromatic N) is 1. The normalized spacial score (nSPS) is 24.0. The summed E-state index contributed by atoms with van der Waals surface area (Å²) in [6, 6.07) is 14.7. The predicted molar refractivity (Wildman–Crippen MR) is 115 cm³/mol. The number of amides is 1. The second-order valence-corrected chi connectivity index (χ2v) is 7.59. The Kier molecular flexibility index (Phi) is 8.09. The summed E-state index contributed by atoms with van der Waals surface area (Å²) in [6.45, 7) is 1.06. The van der Waals surface area contributed by atoms with Crippen LogP contribution in [0.1, 0.15) is 22.8 Å². The van der Waals surface area contributed by atoms with Gasteiger partial charge in [-0.3, -0.25) is 19.7 Å². The molecule has 0 saturated heterocycles. The molecule has 1 N–H and O–H groups in total. The molecule has 2 aromatic carbocycles. The first-order chi connectivity index (χ1) is 15.9. The standard InChI is InChI=1S/C23H24N2O8/c1-15(27)24-19-20(25(29)30)18(13-32-23(28)17-10-6-3-7-11-17)21(33-14-26)22(19)31-12-16-8-4-2-5-9-16/h2-11,14,18-22H,12-13H2,1H3,(H,24,27)/t18-,19+,20-,21+,22-/m0/s1. The van der Waals surface area contributed by atoms with E-state index in [0.29, 0.717) is 0 Å². The van der Waals surface area contributed by atoms with Crippen molar-refractivity contribution in [2.24, 2.45) is 5.92 Å². The highest BCUT2D eigenvalue weighted by Gasteiger charge is 2.60. The Morgan fingerprint density at radius 2 is 1.70 bits per heavy atom. The largest absolute Gasteiger partial charge is 0.461 e. The predicted octanol–water partition coefficient (Wildman–Crippen LogP) is 1.75. The van der Waals surface area contributed by atoms with E-state index < -0.39 is 53.6 Å². The van der Waals surface area contributed by atoms with Gasteiger partial charge in [0, 0.05) is 11.8 Å². The molecule has 0 aromatic heterocycles. The maximum Gasteiger partial charge on any atom is 0.338 e. The third-order valence-corrected chi connectivity index (χ3v) is 5.43. The molecule has 0 unspecified atom stereocenters. The zero-order valence-corrected chi connectivity index (χ0v) is 17.9. The van der Waals surface area contributed by atoms with E-state index in [2.05, 4.69) is 5.32 Å². The fourth-order valence-electron chi connectivity index (χ4n) is 4.02. The second-order valence-electron chi connectivity index (χ2n) is 7.59. The smallest absolute Gasteiger partial charge is 0.338 e. The first-order valence-electron chi connectivity index (χ1n) is 10.3. The van der Waals surface area contributed by atoms with Crippen molar-refractivity contribution in [3.05, 3.63) is 81.9 Å². The van der Waals surface area contributed by atoms with Gasteiger partial charge in [-0.05, 0) is 17.7 Å². The molecule has 3 rings (SSSR count). The van der Waals surface area contributed by atoms with E-state index in [1.165, 1.54) is 6.92 Å². The summed E-state index contributed by atoms with van der Waals surface area (Å²) < 4.78 is 16.4. The van der Waals surface area contributed by atoms with Gasteiger partial charge in [-0.1, -0.05) is 48.5 Å². The Hall–Kier alpha value is -3.79. The van der Waals surface area contributed by atoms with Crippen LogP contribution in [0.2, 0.25) is 0 Å². The quantitative estimate of drug-likeness (QED) is 0.247. The Morgan fingerprint density at radius 1 is 1.06 bits per heavy atom. The van der Waals surface area contributed by atoms with E-state index in [1.54, 1.807) is 30.3 Å². The summed E-state index contributed by atoms with van der Waals surface area (Å²) in [6.07, 6.45) is -2.16. The molecule has 0 radical (unpaired) electrons. The molecule has 10 nitrogen and oxygen atoms in total. The van der Waals surface area contributed by atoms with E-state index >= 15 is 0 Å². The molecule has 0 heterocycles. The van der Waals surface area contributed by atoms with Gasteiger partial charge >= 0.3 is 5.97 Å². The van der Waals surface area contributed by atoms with E-state index in [4.69, 9.17) is 14.2 Å². The van der Waals surface area contributed by atoms with Crippen molar-refractivity contribution >= 4 is 18.3 Å². The average Bonchev–Trinajstić information content (AvgIpc) is 3.09. The number of hydrogen-bond acceptors (Lipinski definition) is 8. The zero-order valence-electron chi connectivity index (χ0n) is 17.9. The minimum atomic E-state index is -1.41. The Bertz CT molecular complexity index is 969. The lowest BCUT2D eigenvalue weighted by molar-refractivity contribution is -0.533. The summed E-state index contributed by atoms with van der Waals surface area (Å²) in [4.78, 5) is 46.9. The monoisotopic (exact) mass is 456 g/mol. The number of rotatable bonds is 10. The number of esters is 1. The molecular formula is C23H24N2O8. The molecule has 0 aliphatic heterocycles. The molecule has 174 valence electrons. The minimum Gasteiger partial charge on any atom is -0.461 e. The molecule has 1 amide bonds. The van der Waals surface area contributed by atoms with Crippen LogP contribution in [-0.2, 0) is 30.4 Å². The van der Waals surface area contributed by atoms with Gasteiger partial charge < -0.3 is 19.5 Å². The molecule has 1 fully saturated rings. The summed E-state index contributed by atoms with van der Waals surface area (Å²) in [7, 11) is 0. The van der Waals surface area contributed by atoms with Crippen molar-refractivity contribution in [2.75, 3.05) is 6.61 Å². The van der Waals surface area contributed by atoms with Gasteiger partial charge in [0.1, 0.15) is 30.8 Å². The Labute approximate surface area is 190 Å². The molecule has 0 bridgehead atoms. The van der Waals surface area contributed by atoms with Gasteiger partial charge in [0.05, 0.1) is 12.2 Å². The van der Waals surface area contributed by atoms with Crippen molar-refractivity contribution in [2.45, 2.75) is 37.8 Å². The topological polar surface area (TPSA) is 134 Å². The average molecular weight is 456 g/mol. The van der Waals surface area contributed by atoms with E-state index in [-0.39, 0.29) is 18.6 Å². The van der Waals surface area contributed by atoms with Crippen LogP contribution in [0.25, 0.3) is 0 Å². The molecule has 33 heavy (non-hydrogen) atoms. The van der Waals surface area contributed by atoms with Crippen LogP contribution in [0, 0.1) is 16.0 Å². The zero-order chi connectivity index (χ0) is 23.8. The highest BCUT2D eigenvalue weighted by molar-refractivity contribution is 5.89. The first kappa shape index (κ1) is 23.9. The minimum absolute atomic E-state index is 0.0707. The second kappa shape index (κ2) is 11.2. The van der Waals surface area contributed by atoms with E-state index in [0.717, 1.165) is 5.56 Å². The van der Waals surface area contributed by atoms with Crippen LogP contribution in [-0.4, -0.2) is 54.2 Å². The maximum atomic E-state index is 12.4. The molecular weight excluding hydrogens is 432 g/mol. The van der Waals surface area contributed by atoms with Gasteiger partial charge in [-0.25, -0.2) is 4.79 Å². The lowest BCUT2D eigenvalue weighted by atomic mass is 10.0. The summed E-state index contributed by atoms with van der Waals surface area (Å²) in [5, 5.41) is 14.6. The van der Waals surface area contributed by atoms with Gasteiger partial charge in [0.25, 0.3) is 6.47 Å². The summed E-state index contributed by atoms with van der Waals surface area (Å²) in [5.41, 5.74) is 1.07. The van der Waals surface area contributed by atoms with Crippen LogP contribution in [0.15, 0.2) is 60.7 Å². The van der Waals surface area contributed by atoms with E-state index in [9.17, 15) is 24.5 Å². The molecule has 5 atom stereocenters. The molecule has 1 aliphatic rings. The lowest BCUT2D eigenvalue weighted by Crippen LogP contribution is -2.50. The number of hydrogen-bond donors (Lipinski definition) is 1. The fraction of sp³-hybridized carbons (Fsp3) is 0.348. The summed E-state index contributed by atoms with van der Waals surface area (Å²) >= 11 is 0. The van der Waals surface area contributed by atoms with Gasteiger partial charge in [-0.2, -0.15) is 0 Å². The highest BCUT2D eigenvalue weighted by atomic mass is 16.6. The third kappa shape index (κ3) is 5.92. The number of nitrogens with one attached hydrogen (secondary N) is 1. The third-order valence-electron chi connectivity index (χ3n) is 5.43. The van der Waals surface area contributed by atoms with Crippen LogP contribution in [0.3, 0.4) is 0 Å². The molecule has 1 saturated carbocycles. The van der Waals surface area contributed by atoms with Gasteiger partial charge in [-0.15, -0.1) is 0 Å². The molecule has 10 heteroatoms. The van der Waals surface area contributed by atoms with Crippen molar-refractivity contribution in [3.63, 3.8) is 0 Å². The SMILES string of the molecule is CC(=O)N[C@H]1[C@H](OCc2ccccc2)[C@H](OC=O)[C@@H](COC(=O)c2ccccc2)[C@@H]1[N+](=O)[O-]. The maximum absolute atomic E-state index is 12.4. The summed E-state index contributed by atoms with van der Waals surface area (Å²) in [5.74, 6) is -2.23. The van der Waals surface area contributed by atoms with Crippen LogP contribution in [0.5, 0.6) is 0 Å². The number of ether oxygens (including phenoxy) is 3. The molecule has 2 aromatic rings. The van der Waals surface area contributed by atoms with Crippen molar-refractivity contribution in [3.8, 4) is 0 Å². The van der Waals surface area contributed by atoms with Crippen LogP contribution >= 0.6 is 0 Å². The van der Waals surface area contributed by atoms with Crippen molar-refractivity contribution < 1.29 is 33.5 Å². The number of benzene rings is 2. The van der Waals surface area contributed by atoms with Gasteiger partial charge in [0.2, 0.25) is 11.9 Å². The Balaban J connectivity index is 1.85. The molecule has 1 aliphatic carbocycles. The molecule has 0 spiro atoms. The van der Waals surface area contributed by atoms with Crippen molar-refractivity contribution in [1.29, 1.82) is 0 Å². The van der Waals surface area contributed by atoms with E-state index in [1.807, 2.05) is 30.3 Å². The fourth-order valence-corrected chi connectivity index (χ4v) is 4.02. The van der Waals surface area contributed by atoms with Crippen molar-refractivity contribution in [1.82, 2.24) is 5.32 Å².